The highest BCUT2D eigenvalue weighted by atomic mass is 32.1. The number of aryl methyl sites for hydroxylation is 4. The van der Waals surface area contributed by atoms with Gasteiger partial charge in [-0.25, -0.2) is 0 Å². The van der Waals surface area contributed by atoms with Gasteiger partial charge < -0.3 is 13.9 Å². The van der Waals surface area contributed by atoms with Gasteiger partial charge in [0.25, 0.3) is 11.8 Å². The molecule has 0 unspecified atom stereocenters. The van der Waals surface area contributed by atoms with E-state index in [-0.39, 0.29) is 13.2 Å². The van der Waals surface area contributed by atoms with E-state index < -0.39 is 11.8 Å². The van der Waals surface area contributed by atoms with Crippen LogP contribution in [0.2, 0.25) is 0 Å². The van der Waals surface area contributed by atoms with E-state index in [0.29, 0.717) is 22.7 Å². The Balaban J connectivity index is 1.46. The Morgan fingerprint density at radius 3 is 1.61 bits per heavy atom. The van der Waals surface area contributed by atoms with E-state index >= 15 is 0 Å². The highest BCUT2D eigenvalue weighted by Crippen LogP contribution is 2.19. The molecule has 7 nitrogen and oxygen atoms in total. The molecule has 4 rings (SSSR count). The Morgan fingerprint density at radius 1 is 0.788 bits per heavy atom. The van der Waals surface area contributed by atoms with Crippen molar-refractivity contribution < 1.29 is 14.3 Å². The Morgan fingerprint density at radius 2 is 1.21 bits per heavy atom. The maximum atomic E-state index is 12.4. The fourth-order valence-electron chi connectivity index (χ4n) is 3.65. The number of hydrogen-bond acceptors (Lipinski definition) is 5. The zero-order valence-corrected chi connectivity index (χ0v) is 20.8. The number of amides is 2. The molecule has 0 aliphatic rings. The number of thiazole rings is 2. The van der Waals surface area contributed by atoms with Crippen LogP contribution in [-0.4, -0.2) is 34.2 Å². The lowest BCUT2D eigenvalue weighted by Gasteiger charge is -2.01. The van der Waals surface area contributed by atoms with Crippen molar-refractivity contribution in [3.05, 3.63) is 57.1 Å². The molecule has 0 radical (unpaired) electrons. The SMILES string of the molecule is CCn1c(=NC(=O)COCC(=O)N=c2sc3cc(C)ccc3n2CC)sc2cc(C)ccc21. The van der Waals surface area contributed by atoms with Gasteiger partial charge >= 0.3 is 0 Å². The standard InChI is InChI=1S/C24H26N4O3S2/c1-5-27-17-9-7-15(3)11-19(17)32-23(27)25-21(29)13-31-14-22(30)26-24-28(6-2)18-10-8-16(4)12-20(18)33-24/h7-12H,5-6,13-14H2,1-4H3. The number of aromatic nitrogens is 2. The summed E-state index contributed by atoms with van der Waals surface area (Å²) in [7, 11) is 0. The van der Waals surface area contributed by atoms with Crippen molar-refractivity contribution in [1.29, 1.82) is 0 Å². The van der Waals surface area contributed by atoms with E-state index in [2.05, 4.69) is 22.1 Å². The zero-order valence-electron chi connectivity index (χ0n) is 19.1. The number of hydrogen-bond donors (Lipinski definition) is 0. The minimum atomic E-state index is -0.422. The van der Waals surface area contributed by atoms with Crippen molar-refractivity contribution in [1.82, 2.24) is 9.13 Å². The first-order chi connectivity index (χ1) is 15.9. The number of nitrogens with zero attached hydrogens (tertiary/aromatic N) is 4. The second-order valence-electron chi connectivity index (χ2n) is 7.70. The molecule has 0 N–H and O–H groups in total. The first-order valence-electron chi connectivity index (χ1n) is 10.8. The summed E-state index contributed by atoms with van der Waals surface area (Å²) in [6.07, 6.45) is 0. The Labute approximate surface area is 199 Å². The van der Waals surface area contributed by atoms with Crippen LogP contribution in [0.5, 0.6) is 0 Å². The van der Waals surface area contributed by atoms with E-state index in [9.17, 15) is 9.59 Å². The average molecular weight is 483 g/mol. The fourth-order valence-corrected chi connectivity index (χ4v) is 6.07. The molecule has 2 aromatic carbocycles. The number of carbonyl (C=O) groups is 2. The van der Waals surface area contributed by atoms with Crippen LogP contribution in [0.1, 0.15) is 25.0 Å². The monoisotopic (exact) mass is 482 g/mol. The molecule has 2 aromatic heterocycles. The quantitative estimate of drug-likeness (QED) is 0.418. The summed E-state index contributed by atoms with van der Waals surface area (Å²) in [5.74, 6) is -0.844. The lowest BCUT2D eigenvalue weighted by Crippen LogP contribution is -2.20. The van der Waals surface area contributed by atoms with Crippen LogP contribution in [0.4, 0.5) is 0 Å². The number of ether oxygens (including phenoxy) is 1. The predicted molar refractivity (Wildman–Crippen MR) is 132 cm³/mol. The molecule has 2 heterocycles. The summed E-state index contributed by atoms with van der Waals surface area (Å²) in [5, 5.41) is 0. The van der Waals surface area contributed by atoms with Crippen molar-refractivity contribution in [3.8, 4) is 0 Å². The van der Waals surface area contributed by atoms with Crippen LogP contribution in [0.25, 0.3) is 20.4 Å². The van der Waals surface area contributed by atoms with Gasteiger partial charge in [0.2, 0.25) is 0 Å². The van der Waals surface area contributed by atoms with Crippen LogP contribution >= 0.6 is 22.7 Å². The second kappa shape index (κ2) is 9.94. The van der Waals surface area contributed by atoms with Crippen LogP contribution in [0.3, 0.4) is 0 Å². The molecule has 0 aliphatic carbocycles. The molecule has 0 spiro atoms. The molecule has 9 heteroatoms. The lowest BCUT2D eigenvalue weighted by molar-refractivity contribution is -0.127. The third kappa shape index (κ3) is 5.05. The highest BCUT2D eigenvalue weighted by molar-refractivity contribution is 7.16. The van der Waals surface area contributed by atoms with Crippen molar-refractivity contribution in [2.45, 2.75) is 40.8 Å². The van der Waals surface area contributed by atoms with Gasteiger partial charge in [-0.05, 0) is 63.1 Å². The van der Waals surface area contributed by atoms with Crippen molar-refractivity contribution in [2.75, 3.05) is 13.2 Å². The number of carbonyl (C=O) groups excluding carboxylic acids is 2. The first-order valence-corrected chi connectivity index (χ1v) is 12.5. The van der Waals surface area contributed by atoms with Crippen molar-refractivity contribution in [3.63, 3.8) is 0 Å². The van der Waals surface area contributed by atoms with Crippen molar-refractivity contribution in [2.24, 2.45) is 9.98 Å². The molecule has 0 saturated heterocycles. The molecule has 0 fully saturated rings. The summed E-state index contributed by atoms with van der Waals surface area (Å²) in [5.41, 5.74) is 4.43. The van der Waals surface area contributed by atoms with Gasteiger partial charge in [0, 0.05) is 13.1 Å². The molecular formula is C24H26N4O3S2. The summed E-state index contributed by atoms with van der Waals surface area (Å²) in [4.78, 5) is 34.4. The fraction of sp³-hybridized carbons (Fsp3) is 0.333. The maximum Gasteiger partial charge on any atom is 0.274 e. The lowest BCUT2D eigenvalue weighted by atomic mass is 10.2. The van der Waals surface area contributed by atoms with E-state index in [1.165, 1.54) is 22.7 Å². The summed E-state index contributed by atoms with van der Waals surface area (Å²) >= 11 is 2.95. The van der Waals surface area contributed by atoms with Crippen molar-refractivity contribution >= 4 is 54.9 Å². The Bertz CT molecular complexity index is 1380. The van der Waals surface area contributed by atoms with E-state index in [0.717, 1.165) is 31.6 Å². The second-order valence-corrected chi connectivity index (χ2v) is 9.72. The largest absolute Gasteiger partial charge is 0.362 e. The van der Waals surface area contributed by atoms with E-state index in [1.807, 2.05) is 61.1 Å². The molecule has 4 aromatic rings. The van der Waals surface area contributed by atoms with Gasteiger partial charge in [-0.1, -0.05) is 34.8 Å². The minimum absolute atomic E-state index is 0.266. The molecular weight excluding hydrogens is 456 g/mol. The normalized spacial score (nSPS) is 12.8. The van der Waals surface area contributed by atoms with Crippen LogP contribution in [0, 0.1) is 13.8 Å². The Hall–Kier alpha value is -2.88. The Kier molecular flexibility index (Phi) is 7.02. The van der Waals surface area contributed by atoms with Gasteiger partial charge in [0.05, 0.1) is 20.4 Å². The molecule has 0 saturated carbocycles. The topological polar surface area (TPSA) is 78.0 Å². The van der Waals surface area contributed by atoms with Gasteiger partial charge in [0.1, 0.15) is 13.2 Å². The van der Waals surface area contributed by atoms with E-state index in [1.54, 1.807) is 0 Å². The third-order valence-corrected chi connectivity index (χ3v) is 7.28. The molecule has 33 heavy (non-hydrogen) atoms. The minimum Gasteiger partial charge on any atom is -0.362 e. The number of benzene rings is 2. The van der Waals surface area contributed by atoms with Gasteiger partial charge in [0.15, 0.2) is 9.60 Å². The van der Waals surface area contributed by atoms with Crippen LogP contribution < -0.4 is 9.60 Å². The van der Waals surface area contributed by atoms with Gasteiger partial charge in [-0.2, -0.15) is 9.98 Å². The predicted octanol–water partition coefficient (Wildman–Crippen LogP) is 3.95. The number of fused-ring (bicyclic) bond motifs is 2. The third-order valence-electron chi connectivity index (χ3n) is 5.20. The summed E-state index contributed by atoms with van der Waals surface area (Å²) in [6, 6.07) is 12.4. The van der Waals surface area contributed by atoms with Gasteiger partial charge in [-0.3, -0.25) is 9.59 Å². The zero-order chi connectivity index (χ0) is 23.5. The molecule has 0 aliphatic heterocycles. The molecule has 0 bridgehead atoms. The summed E-state index contributed by atoms with van der Waals surface area (Å²) < 4.78 is 11.5. The smallest absolute Gasteiger partial charge is 0.274 e. The first kappa shape index (κ1) is 23.3. The average Bonchev–Trinajstić information content (AvgIpc) is 3.28. The maximum absolute atomic E-state index is 12.4. The van der Waals surface area contributed by atoms with E-state index in [4.69, 9.17) is 4.74 Å². The summed E-state index contributed by atoms with van der Waals surface area (Å²) in [6.45, 7) is 8.99. The van der Waals surface area contributed by atoms with Gasteiger partial charge in [-0.15, -0.1) is 0 Å². The number of rotatable bonds is 6. The van der Waals surface area contributed by atoms with Crippen LogP contribution in [0.15, 0.2) is 46.4 Å². The van der Waals surface area contributed by atoms with Crippen LogP contribution in [-0.2, 0) is 27.4 Å². The molecule has 2 amide bonds. The molecule has 0 atom stereocenters. The molecule has 172 valence electrons. The highest BCUT2D eigenvalue weighted by Gasteiger charge is 2.10.